The van der Waals surface area contributed by atoms with Crippen molar-refractivity contribution in [2.24, 2.45) is 5.73 Å². The lowest BCUT2D eigenvalue weighted by atomic mass is 10.1. The van der Waals surface area contributed by atoms with Gasteiger partial charge in [-0.2, -0.15) is 4.37 Å². The van der Waals surface area contributed by atoms with Crippen LogP contribution in [0.5, 0.6) is 0 Å². The molecule has 3 heterocycles. The van der Waals surface area contributed by atoms with Crippen LogP contribution in [0.1, 0.15) is 35.4 Å². The van der Waals surface area contributed by atoms with E-state index in [0.29, 0.717) is 12.4 Å². The smallest absolute Gasteiger partial charge is 0.319 e. The minimum Gasteiger partial charge on any atom is -0.364 e. The van der Waals surface area contributed by atoms with Gasteiger partial charge in [-0.3, -0.25) is 4.79 Å². The number of carbonyl (C=O) groups excluding carboxylic acids is 2. The van der Waals surface area contributed by atoms with Crippen LogP contribution in [-0.4, -0.2) is 69.3 Å². The first-order chi connectivity index (χ1) is 13.8. The summed E-state index contributed by atoms with van der Waals surface area (Å²) in [5.74, 6) is 0.133. The molecule has 1 unspecified atom stereocenters. The third kappa shape index (κ3) is 5.31. The molecule has 0 saturated carbocycles. The number of nitrogens with zero attached hydrogens (tertiary/aromatic N) is 5. The van der Waals surface area contributed by atoms with E-state index >= 15 is 0 Å². The molecule has 1 fully saturated rings. The minimum atomic E-state index is -0.662. The summed E-state index contributed by atoms with van der Waals surface area (Å²) in [4.78, 5) is 36.2. The Balaban J connectivity index is 1.78. The Morgan fingerprint density at radius 1 is 1.34 bits per heavy atom. The molecule has 2 aromatic heterocycles. The summed E-state index contributed by atoms with van der Waals surface area (Å²) in [7, 11) is 3.51. The first-order valence-electron chi connectivity index (χ1n) is 9.43. The van der Waals surface area contributed by atoms with Crippen molar-refractivity contribution in [2.45, 2.75) is 32.2 Å². The number of anilines is 3. The Morgan fingerprint density at radius 2 is 2.14 bits per heavy atom. The van der Waals surface area contributed by atoms with Crippen molar-refractivity contribution >= 4 is 40.1 Å². The summed E-state index contributed by atoms with van der Waals surface area (Å²) in [5.41, 5.74) is 6.37. The van der Waals surface area contributed by atoms with Crippen molar-refractivity contribution in [1.82, 2.24) is 24.1 Å². The maximum atomic E-state index is 12.4. The van der Waals surface area contributed by atoms with Gasteiger partial charge in [-0.25, -0.2) is 14.8 Å². The molecule has 11 heteroatoms. The molecule has 156 valence electrons. The third-order valence-electron chi connectivity index (χ3n) is 4.55. The summed E-state index contributed by atoms with van der Waals surface area (Å²) in [6.45, 7) is 3.19. The number of rotatable bonds is 5. The fourth-order valence-electron chi connectivity index (χ4n) is 3.19. The van der Waals surface area contributed by atoms with Gasteiger partial charge in [-0.1, -0.05) is 0 Å². The summed E-state index contributed by atoms with van der Waals surface area (Å²) >= 11 is 1.27. The van der Waals surface area contributed by atoms with Gasteiger partial charge >= 0.3 is 6.03 Å². The zero-order chi connectivity index (χ0) is 21.0. The van der Waals surface area contributed by atoms with Crippen molar-refractivity contribution < 1.29 is 9.59 Å². The summed E-state index contributed by atoms with van der Waals surface area (Å²) in [6.07, 6.45) is 4.37. The number of primary amides is 1. The highest BCUT2D eigenvalue weighted by Crippen LogP contribution is 2.24. The van der Waals surface area contributed by atoms with Crippen LogP contribution in [0.4, 0.5) is 21.4 Å². The first-order valence-corrected chi connectivity index (χ1v) is 10.2. The molecule has 1 saturated heterocycles. The highest BCUT2D eigenvalue weighted by Gasteiger charge is 2.24. The molecular formula is C18H26N8O2S. The van der Waals surface area contributed by atoms with Crippen molar-refractivity contribution in [1.29, 1.82) is 0 Å². The Bertz CT molecular complexity index is 884. The number of nitrogens with one attached hydrogen (secondary N) is 2. The largest absolute Gasteiger partial charge is 0.364 e. The summed E-state index contributed by atoms with van der Waals surface area (Å²) < 4.78 is 4.21. The third-order valence-corrected chi connectivity index (χ3v) is 5.35. The number of hydrogen-bond donors (Lipinski definition) is 3. The molecule has 2 aromatic rings. The lowest BCUT2D eigenvalue weighted by Crippen LogP contribution is -2.44. The minimum absolute atomic E-state index is 0.00298. The van der Waals surface area contributed by atoms with Gasteiger partial charge in [0.2, 0.25) is 0 Å². The van der Waals surface area contributed by atoms with Crippen LogP contribution in [-0.2, 0) is 0 Å². The predicted octanol–water partition coefficient (Wildman–Crippen LogP) is 2.03. The maximum Gasteiger partial charge on any atom is 0.319 e. The van der Waals surface area contributed by atoms with E-state index in [9.17, 15) is 9.59 Å². The average molecular weight is 419 g/mol. The van der Waals surface area contributed by atoms with E-state index < -0.39 is 5.91 Å². The molecule has 0 spiro atoms. The van der Waals surface area contributed by atoms with Crippen molar-refractivity contribution in [3.63, 3.8) is 0 Å². The van der Waals surface area contributed by atoms with Crippen LogP contribution in [0, 0.1) is 6.92 Å². The molecule has 1 aliphatic rings. The zero-order valence-electron chi connectivity index (χ0n) is 16.8. The van der Waals surface area contributed by atoms with E-state index in [2.05, 4.69) is 25.0 Å². The number of nitrogens with two attached hydrogens (primary N) is 1. The molecule has 0 aliphatic carbocycles. The SMILES string of the molecule is Cc1cc(Nc2nc(NC3CCCCN(C(=O)N(C)C)C3)cnc2C(N)=O)sn1. The molecule has 29 heavy (non-hydrogen) atoms. The van der Waals surface area contributed by atoms with Gasteiger partial charge in [0.05, 0.1) is 11.9 Å². The van der Waals surface area contributed by atoms with Crippen LogP contribution in [0.25, 0.3) is 0 Å². The summed E-state index contributed by atoms with van der Waals surface area (Å²) in [6, 6.07) is 1.89. The van der Waals surface area contributed by atoms with E-state index in [4.69, 9.17) is 5.73 Å². The predicted molar refractivity (Wildman–Crippen MR) is 113 cm³/mol. The Hall–Kier alpha value is -2.95. The molecule has 1 aliphatic heterocycles. The second-order valence-corrected chi connectivity index (χ2v) is 8.04. The average Bonchev–Trinajstić information content (AvgIpc) is 2.93. The second-order valence-electron chi connectivity index (χ2n) is 7.23. The fourth-order valence-corrected chi connectivity index (χ4v) is 3.85. The van der Waals surface area contributed by atoms with Crippen molar-refractivity contribution in [3.8, 4) is 0 Å². The van der Waals surface area contributed by atoms with E-state index in [1.807, 2.05) is 17.9 Å². The zero-order valence-corrected chi connectivity index (χ0v) is 17.6. The van der Waals surface area contributed by atoms with Gasteiger partial charge in [0.1, 0.15) is 10.8 Å². The topological polar surface area (TPSA) is 129 Å². The van der Waals surface area contributed by atoms with E-state index in [1.165, 1.54) is 17.7 Å². The number of aryl methyl sites for hydroxylation is 1. The van der Waals surface area contributed by atoms with Crippen LogP contribution in [0.3, 0.4) is 0 Å². The normalized spacial score (nSPS) is 16.8. The van der Waals surface area contributed by atoms with Gasteiger partial charge in [0.15, 0.2) is 11.5 Å². The molecule has 1 atom stereocenters. The van der Waals surface area contributed by atoms with Crippen LogP contribution in [0.2, 0.25) is 0 Å². The van der Waals surface area contributed by atoms with Gasteiger partial charge in [-0.05, 0) is 43.8 Å². The lowest BCUT2D eigenvalue weighted by molar-refractivity contribution is 0.0996. The second kappa shape index (κ2) is 9.03. The van der Waals surface area contributed by atoms with Crippen LogP contribution < -0.4 is 16.4 Å². The fraction of sp³-hybridized carbons (Fsp3) is 0.500. The molecule has 0 radical (unpaired) electrons. The van der Waals surface area contributed by atoms with Gasteiger partial charge < -0.3 is 26.2 Å². The molecule has 10 nitrogen and oxygen atoms in total. The Kier molecular flexibility index (Phi) is 6.47. The van der Waals surface area contributed by atoms with Crippen molar-refractivity contribution in [2.75, 3.05) is 37.8 Å². The Labute approximate surface area is 173 Å². The number of aromatic nitrogens is 3. The van der Waals surface area contributed by atoms with E-state index in [0.717, 1.165) is 36.5 Å². The number of carbonyl (C=O) groups is 2. The number of likely N-dealkylation sites (tertiary alicyclic amines) is 1. The lowest BCUT2D eigenvalue weighted by Gasteiger charge is -2.28. The quantitative estimate of drug-likeness (QED) is 0.677. The number of hydrogen-bond acceptors (Lipinski definition) is 8. The van der Waals surface area contributed by atoms with Crippen LogP contribution >= 0.6 is 11.5 Å². The Morgan fingerprint density at radius 3 is 2.79 bits per heavy atom. The standard InChI is InChI=1S/C18H26N8O2S/c1-11-8-14(29-24-11)23-17-15(16(19)27)20-9-13(22-17)21-12-6-4-5-7-26(10-12)18(28)25(2)3/h8-9,12H,4-7,10H2,1-3H3,(H2,19,27)(H2,21,22,23). The van der Waals surface area contributed by atoms with Gasteiger partial charge in [0, 0.05) is 33.2 Å². The van der Waals surface area contributed by atoms with E-state index in [-0.39, 0.29) is 23.6 Å². The highest BCUT2D eigenvalue weighted by molar-refractivity contribution is 7.10. The molecule has 3 amide bonds. The molecule has 0 bridgehead atoms. The van der Waals surface area contributed by atoms with E-state index in [1.54, 1.807) is 19.0 Å². The monoisotopic (exact) mass is 418 g/mol. The first kappa shape index (κ1) is 20.8. The van der Waals surface area contributed by atoms with Gasteiger partial charge in [-0.15, -0.1) is 0 Å². The molecule has 4 N–H and O–H groups in total. The molecular weight excluding hydrogens is 392 g/mol. The maximum absolute atomic E-state index is 12.4. The van der Waals surface area contributed by atoms with Gasteiger partial charge in [0.25, 0.3) is 5.91 Å². The number of urea groups is 1. The molecule has 3 rings (SSSR count). The van der Waals surface area contributed by atoms with Crippen LogP contribution in [0.15, 0.2) is 12.3 Å². The summed E-state index contributed by atoms with van der Waals surface area (Å²) in [5, 5.41) is 7.17. The molecule has 0 aromatic carbocycles. The van der Waals surface area contributed by atoms with Crippen molar-refractivity contribution in [3.05, 3.63) is 23.7 Å². The highest BCUT2D eigenvalue weighted by atomic mass is 32.1. The number of amides is 3.